The third-order valence-corrected chi connectivity index (χ3v) is 5.17. The summed E-state index contributed by atoms with van der Waals surface area (Å²) >= 11 is 0. The minimum absolute atomic E-state index is 0.116. The molecule has 0 aromatic rings. The summed E-state index contributed by atoms with van der Waals surface area (Å²) in [5.74, 6) is -0.758. The third-order valence-electron chi connectivity index (χ3n) is 5.17. The van der Waals surface area contributed by atoms with Gasteiger partial charge in [0.15, 0.2) is 0 Å². The normalized spacial score (nSPS) is 12.5. The molecule has 0 amide bonds. The van der Waals surface area contributed by atoms with Crippen LogP contribution < -0.4 is 0 Å². The van der Waals surface area contributed by atoms with Crippen molar-refractivity contribution in [2.45, 2.75) is 125 Å². The van der Waals surface area contributed by atoms with E-state index in [9.17, 15) is 9.59 Å². The summed E-state index contributed by atoms with van der Waals surface area (Å²) in [6.45, 7) is 13.1. The molecule has 0 rings (SSSR count). The summed E-state index contributed by atoms with van der Waals surface area (Å²) in [6, 6.07) is 0. The van der Waals surface area contributed by atoms with Gasteiger partial charge in [0.25, 0.3) is 0 Å². The lowest BCUT2D eigenvalue weighted by Crippen LogP contribution is -2.20. The molecule has 0 heterocycles. The van der Waals surface area contributed by atoms with Crippen LogP contribution in [0.25, 0.3) is 0 Å². The molecule has 0 saturated heterocycles. The second kappa shape index (κ2) is 17.4. The lowest BCUT2D eigenvalue weighted by atomic mass is 9.86. The van der Waals surface area contributed by atoms with Gasteiger partial charge in [0.05, 0.1) is 13.2 Å². The van der Waals surface area contributed by atoms with E-state index in [2.05, 4.69) is 34.6 Å². The Labute approximate surface area is 186 Å². The van der Waals surface area contributed by atoms with Gasteiger partial charge in [-0.3, -0.25) is 0 Å². The average molecular weight is 425 g/mol. The van der Waals surface area contributed by atoms with Crippen molar-refractivity contribution in [3.05, 3.63) is 11.1 Å². The van der Waals surface area contributed by atoms with E-state index in [0.29, 0.717) is 30.8 Å². The first kappa shape index (κ1) is 28.7. The summed E-state index contributed by atoms with van der Waals surface area (Å²) in [7, 11) is 0. The van der Waals surface area contributed by atoms with Crippen molar-refractivity contribution in [2.24, 2.45) is 5.41 Å². The minimum Gasteiger partial charge on any atom is -0.462 e. The van der Waals surface area contributed by atoms with Crippen molar-refractivity contribution < 1.29 is 19.1 Å². The van der Waals surface area contributed by atoms with E-state index in [4.69, 9.17) is 9.47 Å². The zero-order valence-corrected chi connectivity index (χ0v) is 20.7. The molecule has 0 fully saturated rings. The van der Waals surface area contributed by atoms with Gasteiger partial charge in [0.2, 0.25) is 0 Å². The Balaban J connectivity index is 4.61. The highest BCUT2D eigenvalue weighted by Gasteiger charge is 2.25. The number of rotatable bonds is 17. The largest absolute Gasteiger partial charge is 0.462 e. The highest BCUT2D eigenvalue weighted by Crippen LogP contribution is 2.27. The van der Waals surface area contributed by atoms with Crippen molar-refractivity contribution >= 4 is 11.9 Å². The average Bonchev–Trinajstić information content (AvgIpc) is 2.69. The number of esters is 2. The van der Waals surface area contributed by atoms with Crippen molar-refractivity contribution in [2.75, 3.05) is 13.2 Å². The van der Waals surface area contributed by atoms with Crippen LogP contribution in [0.5, 0.6) is 0 Å². The number of carbonyl (C=O) groups excluding carboxylic acids is 2. The van der Waals surface area contributed by atoms with Crippen LogP contribution in [-0.4, -0.2) is 25.2 Å². The van der Waals surface area contributed by atoms with Crippen LogP contribution in [0.15, 0.2) is 11.1 Å². The van der Waals surface area contributed by atoms with E-state index in [-0.39, 0.29) is 17.4 Å². The van der Waals surface area contributed by atoms with Gasteiger partial charge in [-0.25, -0.2) is 9.59 Å². The highest BCUT2D eigenvalue weighted by atomic mass is 16.5. The molecule has 0 radical (unpaired) electrons. The lowest BCUT2D eigenvalue weighted by Gasteiger charge is -2.21. The van der Waals surface area contributed by atoms with Gasteiger partial charge in [0.1, 0.15) is 0 Å². The van der Waals surface area contributed by atoms with Crippen LogP contribution >= 0.6 is 0 Å². The second-order valence-corrected chi connectivity index (χ2v) is 9.65. The van der Waals surface area contributed by atoms with Gasteiger partial charge in [-0.2, -0.15) is 0 Å². The topological polar surface area (TPSA) is 52.6 Å². The molecule has 30 heavy (non-hydrogen) atoms. The molecule has 0 aromatic carbocycles. The minimum atomic E-state index is -0.390. The smallest absolute Gasteiger partial charge is 0.334 e. The van der Waals surface area contributed by atoms with Gasteiger partial charge >= 0.3 is 11.9 Å². The van der Waals surface area contributed by atoms with Crippen LogP contribution in [0, 0.1) is 5.41 Å². The maximum absolute atomic E-state index is 12.7. The summed E-state index contributed by atoms with van der Waals surface area (Å²) in [5, 5.41) is 0. The standard InChI is InChI=1S/C26H48O4/c1-7-9-11-13-15-17-19-29-24(27)22(3)23(21-26(4,5)6)25(28)30-20-18-16-14-12-10-8-2/h7-21H2,1-6H3. The van der Waals surface area contributed by atoms with E-state index >= 15 is 0 Å². The zero-order chi connectivity index (χ0) is 22.8. The van der Waals surface area contributed by atoms with E-state index in [1.54, 1.807) is 6.92 Å². The van der Waals surface area contributed by atoms with Crippen molar-refractivity contribution in [3.8, 4) is 0 Å². The number of ether oxygens (including phenoxy) is 2. The van der Waals surface area contributed by atoms with Gasteiger partial charge in [-0.05, 0) is 31.6 Å². The van der Waals surface area contributed by atoms with Gasteiger partial charge < -0.3 is 9.47 Å². The number of hydrogen-bond donors (Lipinski definition) is 0. The van der Waals surface area contributed by atoms with E-state index in [1.807, 2.05) is 0 Å². The molecule has 0 bridgehead atoms. The van der Waals surface area contributed by atoms with Crippen LogP contribution in [0.2, 0.25) is 0 Å². The SMILES string of the molecule is CCCCCCCCOC(=O)C(C)=C(CC(C)(C)C)C(=O)OCCCCCCCC. The van der Waals surface area contributed by atoms with E-state index < -0.39 is 0 Å². The van der Waals surface area contributed by atoms with Gasteiger partial charge in [-0.15, -0.1) is 0 Å². The molecule has 0 saturated carbocycles. The second-order valence-electron chi connectivity index (χ2n) is 9.65. The first-order valence-electron chi connectivity index (χ1n) is 12.3. The maximum atomic E-state index is 12.7. The molecule has 0 spiro atoms. The van der Waals surface area contributed by atoms with Crippen LogP contribution in [-0.2, 0) is 19.1 Å². The molecule has 0 N–H and O–H groups in total. The molecule has 4 heteroatoms. The molecule has 176 valence electrons. The maximum Gasteiger partial charge on any atom is 0.334 e. The predicted molar refractivity (Wildman–Crippen MR) is 125 cm³/mol. The molecule has 0 aliphatic rings. The molecule has 4 nitrogen and oxygen atoms in total. The first-order chi connectivity index (χ1) is 14.2. The van der Waals surface area contributed by atoms with E-state index in [0.717, 1.165) is 25.7 Å². The summed E-state index contributed by atoms with van der Waals surface area (Å²) in [4.78, 5) is 25.2. The van der Waals surface area contributed by atoms with Gasteiger partial charge in [-0.1, -0.05) is 98.8 Å². The Hall–Kier alpha value is -1.32. The van der Waals surface area contributed by atoms with Crippen LogP contribution in [0.4, 0.5) is 0 Å². The molecule has 0 aliphatic carbocycles. The third kappa shape index (κ3) is 15.5. The van der Waals surface area contributed by atoms with Crippen LogP contribution in [0.1, 0.15) is 125 Å². The molecular formula is C26H48O4. The molecule has 0 aromatic heterocycles. The Bertz CT molecular complexity index is 500. The van der Waals surface area contributed by atoms with Crippen molar-refractivity contribution in [1.82, 2.24) is 0 Å². The zero-order valence-electron chi connectivity index (χ0n) is 20.7. The Morgan fingerprint density at radius 2 is 1.03 bits per heavy atom. The fourth-order valence-corrected chi connectivity index (χ4v) is 3.30. The predicted octanol–water partition coefficient (Wildman–Crippen LogP) is 7.55. The molecular weight excluding hydrogens is 376 g/mol. The Morgan fingerprint density at radius 3 is 1.47 bits per heavy atom. The lowest BCUT2D eigenvalue weighted by molar-refractivity contribution is -0.142. The monoisotopic (exact) mass is 424 g/mol. The Morgan fingerprint density at radius 1 is 0.633 bits per heavy atom. The van der Waals surface area contributed by atoms with Crippen molar-refractivity contribution in [3.63, 3.8) is 0 Å². The highest BCUT2D eigenvalue weighted by molar-refractivity contribution is 6.00. The Kier molecular flexibility index (Phi) is 16.6. The number of unbranched alkanes of at least 4 members (excludes halogenated alkanes) is 10. The summed E-state index contributed by atoms with van der Waals surface area (Å²) < 4.78 is 10.9. The molecule has 0 atom stereocenters. The first-order valence-corrected chi connectivity index (χ1v) is 12.3. The van der Waals surface area contributed by atoms with Crippen molar-refractivity contribution in [1.29, 1.82) is 0 Å². The molecule has 0 unspecified atom stereocenters. The van der Waals surface area contributed by atoms with Gasteiger partial charge in [0, 0.05) is 11.1 Å². The fraction of sp³-hybridized carbons (Fsp3) is 0.846. The summed E-state index contributed by atoms with van der Waals surface area (Å²) in [5.41, 5.74) is 0.736. The summed E-state index contributed by atoms with van der Waals surface area (Å²) in [6.07, 6.45) is 14.2. The number of hydrogen-bond acceptors (Lipinski definition) is 4. The van der Waals surface area contributed by atoms with E-state index in [1.165, 1.54) is 51.4 Å². The molecule has 0 aliphatic heterocycles. The fourth-order valence-electron chi connectivity index (χ4n) is 3.30. The van der Waals surface area contributed by atoms with Crippen LogP contribution in [0.3, 0.4) is 0 Å². The number of carbonyl (C=O) groups is 2. The quantitative estimate of drug-likeness (QED) is 0.137.